The molecule has 0 heterocycles. The summed E-state index contributed by atoms with van der Waals surface area (Å²) in [5.74, 6) is 1.76. The number of allylic oxidation sites excluding steroid dienone is 1. The molecule has 4 aliphatic carbocycles. The highest BCUT2D eigenvalue weighted by molar-refractivity contribution is 5.91. The van der Waals surface area contributed by atoms with E-state index in [1.54, 1.807) is 0 Å². The number of nitrogens with one attached hydrogen (secondary N) is 1. The van der Waals surface area contributed by atoms with Crippen LogP contribution in [0.1, 0.15) is 72.1 Å². The molecule has 0 saturated heterocycles. The number of ketones is 1. The van der Waals surface area contributed by atoms with Gasteiger partial charge < -0.3 is 11.1 Å². The average molecular weight is 329 g/mol. The van der Waals surface area contributed by atoms with Crippen LogP contribution in [0.2, 0.25) is 0 Å². The van der Waals surface area contributed by atoms with Crippen LogP contribution in [-0.4, -0.2) is 17.0 Å². The Morgan fingerprint density at radius 2 is 1.88 bits per heavy atom. The molecule has 0 radical (unpaired) electrons. The molecule has 3 heteroatoms. The van der Waals surface area contributed by atoms with Crippen LogP contribution in [0, 0.1) is 34.0 Å². The van der Waals surface area contributed by atoms with Gasteiger partial charge in [-0.25, -0.2) is 0 Å². The molecule has 3 N–H and O–H groups in total. The van der Waals surface area contributed by atoms with E-state index in [2.05, 4.69) is 13.8 Å². The molecule has 3 fully saturated rings. The Bertz CT molecular complexity index is 638. The molecule has 0 aromatic heterocycles. The number of carbonyl (C=O) groups is 1. The molecule has 0 aliphatic heterocycles. The van der Waals surface area contributed by atoms with E-state index in [0.717, 1.165) is 37.8 Å². The zero-order chi connectivity index (χ0) is 17.3. The number of carbonyl (C=O) groups excluding carboxylic acids is 1. The van der Waals surface area contributed by atoms with E-state index in [4.69, 9.17) is 11.1 Å². The summed E-state index contributed by atoms with van der Waals surface area (Å²) in [6.45, 7) is 6.79. The van der Waals surface area contributed by atoms with Crippen molar-refractivity contribution >= 4 is 11.5 Å². The lowest BCUT2D eigenvalue weighted by Crippen LogP contribution is -2.66. The van der Waals surface area contributed by atoms with Crippen LogP contribution in [0.5, 0.6) is 0 Å². The number of hydrogen-bond donors (Lipinski definition) is 2. The molecule has 0 aromatic rings. The highest BCUT2D eigenvalue weighted by Gasteiger charge is 2.64. The molecule has 0 spiro atoms. The Morgan fingerprint density at radius 1 is 1.12 bits per heavy atom. The third kappa shape index (κ3) is 1.94. The van der Waals surface area contributed by atoms with Gasteiger partial charge in [-0.15, -0.1) is 0 Å². The summed E-state index contributed by atoms with van der Waals surface area (Å²) < 4.78 is 0. The predicted octanol–water partition coefficient (Wildman–Crippen LogP) is 4.26. The van der Waals surface area contributed by atoms with Crippen LogP contribution >= 0.6 is 0 Å². The first kappa shape index (κ1) is 16.5. The lowest BCUT2D eigenvalue weighted by atomic mass is 9.43. The van der Waals surface area contributed by atoms with Crippen molar-refractivity contribution in [2.75, 3.05) is 0 Å². The van der Waals surface area contributed by atoms with E-state index < -0.39 is 0 Å². The van der Waals surface area contributed by atoms with Crippen LogP contribution in [0.3, 0.4) is 0 Å². The van der Waals surface area contributed by atoms with Crippen molar-refractivity contribution in [3.63, 3.8) is 0 Å². The van der Waals surface area contributed by atoms with Gasteiger partial charge in [-0.3, -0.25) is 4.79 Å². The minimum atomic E-state index is -0.107. The summed E-state index contributed by atoms with van der Waals surface area (Å²) in [6, 6.07) is 0. The van der Waals surface area contributed by atoms with Crippen LogP contribution in [0.4, 0.5) is 0 Å². The normalized spacial score (nSPS) is 50.6. The van der Waals surface area contributed by atoms with Gasteiger partial charge in [-0.1, -0.05) is 19.4 Å². The zero-order valence-electron chi connectivity index (χ0n) is 15.5. The van der Waals surface area contributed by atoms with Crippen LogP contribution in [0.15, 0.2) is 11.6 Å². The zero-order valence-corrected chi connectivity index (χ0v) is 15.5. The minimum absolute atomic E-state index is 0.107. The summed E-state index contributed by atoms with van der Waals surface area (Å²) in [5, 5.41) is 8.26. The molecule has 2 unspecified atom stereocenters. The molecule has 0 aromatic carbocycles. The van der Waals surface area contributed by atoms with E-state index >= 15 is 0 Å². The molecule has 4 rings (SSSR count). The van der Waals surface area contributed by atoms with Crippen molar-refractivity contribution in [1.82, 2.24) is 0 Å². The van der Waals surface area contributed by atoms with Crippen molar-refractivity contribution in [1.29, 1.82) is 5.41 Å². The summed E-state index contributed by atoms with van der Waals surface area (Å²) in [7, 11) is 0. The van der Waals surface area contributed by atoms with Crippen molar-refractivity contribution in [2.45, 2.75) is 77.7 Å². The smallest absolute Gasteiger partial charge is 0.155 e. The first-order valence-electron chi connectivity index (χ1n) is 9.79. The molecule has 0 amide bonds. The van der Waals surface area contributed by atoms with Crippen molar-refractivity contribution < 1.29 is 4.79 Å². The van der Waals surface area contributed by atoms with Crippen molar-refractivity contribution in [3.8, 4) is 0 Å². The van der Waals surface area contributed by atoms with Gasteiger partial charge in [0.25, 0.3) is 0 Å². The second kappa shape index (κ2) is 5.03. The highest BCUT2D eigenvalue weighted by atomic mass is 16.1. The van der Waals surface area contributed by atoms with Crippen LogP contribution in [0.25, 0.3) is 0 Å². The van der Waals surface area contributed by atoms with Gasteiger partial charge in [0.1, 0.15) is 0 Å². The molecule has 3 nitrogen and oxygen atoms in total. The first-order chi connectivity index (χ1) is 11.2. The Balaban J connectivity index is 1.74. The van der Waals surface area contributed by atoms with Gasteiger partial charge in [0.15, 0.2) is 5.78 Å². The molecule has 132 valence electrons. The summed E-state index contributed by atoms with van der Waals surface area (Å²) in [6.07, 6.45) is 10.3. The highest BCUT2D eigenvalue weighted by Crippen LogP contribution is 2.67. The van der Waals surface area contributed by atoms with E-state index in [-0.39, 0.29) is 16.4 Å². The maximum absolute atomic E-state index is 11.9. The molecule has 0 bridgehead atoms. The van der Waals surface area contributed by atoms with Gasteiger partial charge >= 0.3 is 0 Å². The maximum Gasteiger partial charge on any atom is 0.155 e. The Hall–Kier alpha value is -0.960. The van der Waals surface area contributed by atoms with E-state index in [9.17, 15) is 4.79 Å². The van der Waals surface area contributed by atoms with Crippen molar-refractivity contribution in [3.05, 3.63) is 11.6 Å². The number of hydrogen-bond acceptors (Lipinski definition) is 3. The van der Waals surface area contributed by atoms with Gasteiger partial charge in [0.05, 0.1) is 0 Å². The molecule has 6 atom stereocenters. The summed E-state index contributed by atoms with van der Waals surface area (Å²) >= 11 is 0. The Kier molecular flexibility index (Phi) is 3.46. The lowest BCUT2D eigenvalue weighted by molar-refractivity contribution is -0.118. The predicted molar refractivity (Wildman–Crippen MR) is 97.0 cm³/mol. The quantitative estimate of drug-likeness (QED) is 0.706. The van der Waals surface area contributed by atoms with Gasteiger partial charge in [0, 0.05) is 23.6 Å². The van der Waals surface area contributed by atoms with Gasteiger partial charge in [0.2, 0.25) is 0 Å². The molecule has 24 heavy (non-hydrogen) atoms. The standard InChI is InChI=1S/C21H32N2O/c1-13(22)16-4-5-17-20(16,3)10-8-18-19(2)9-7-15(24)12-14(19)6-11-21(17,18)23/h12,16-18,22H,4-11,23H2,1-3H3/t16-,17?,18?,19+,20-,21-/m1/s1. The molecular formula is C21H32N2O. The molecule has 3 saturated carbocycles. The molecule has 4 aliphatic rings. The monoisotopic (exact) mass is 328 g/mol. The first-order valence-corrected chi connectivity index (χ1v) is 9.79. The summed E-state index contributed by atoms with van der Waals surface area (Å²) in [5.41, 5.74) is 9.70. The minimum Gasteiger partial charge on any atom is -0.325 e. The fourth-order valence-corrected chi connectivity index (χ4v) is 7.49. The Morgan fingerprint density at radius 3 is 2.58 bits per heavy atom. The van der Waals surface area contributed by atoms with Gasteiger partial charge in [-0.2, -0.15) is 0 Å². The third-order valence-corrected chi connectivity index (χ3v) is 8.68. The fraction of sp³-hybridized carbons (Fsp3) is 0.810. The van der Waals surface area contributed by atoms with Gasteiger partial charge in [-0.05, 0) is 80.6 Å². The number of nitrogens with two attached hydrogens (primary N) is 1. The van der Waals surface area contributed by atoms with E-state index in [1.165, 1.54) is 18.4 Å². The SMILES string of the molecule is CC(=N)[C@H]1CCC2[C@]3(N)CCC4=CC(=O)CC[C@]4(C)C3CC[C@@]21C. The Labute approximate surface area is 146 Å². The number of fused-ring (bicyclic) bond motifs is 5. The van der Waals surface area contributed by atoms with E-state index in [0.29, 0.717) is 30.0 Å². The second-order valence-corrected chi connectivity index (χ2v) is 9.63. The topological polar surface area (TPSA) is 66.9 Å². The lowest BCUT2D eigenvalue weighted by Gasteiger charge is -2.63. The van der Waals surface area contributed by atoms with Crippen LogP contribution in [-0.2, 0) is 4.79 Å². The van der Waals surface area contributed by atoms with Crippen molar-refractivity contribution in [2.24, 2.45) is 34.3 Å². The molecular weight excluding hydrogens is 296 g/mol. The summed E-state index contributed by atoms with van der Waals surface area (Å²) in [4.78, 5) is 11.9. The van der Waals surface area contributed by atoms with E-state index in [1.807, 2.05) is 13.0 Å². The van der Waals surface area contributed by atoms with Crippen LogP contribution < -0.4 is 5.73 Å². The maximum atomic E-state index is 11.9. The largest absolute Gasteiger partial charge is 0.325 e. The number of rotatable bonds is 1. The fourth-order valence-electron chi connectivity index (χ4n) is 7.49. The third-order valence-electron chi connectivity index (χ3n) is 8.68. The average Bonchev–Trinajstić information content (AvgIpc) is 2.87. The second-order valence-electron chi connectivity index (χ2n) is 9.63.